The van der Waals surface area contributed by atoms with Crippen LogP contribution in [0.15, 0.2) is 54.6 Å². The molecule has 0 spiro atoms. The first-order chi connectivity index (χ1) is 13.1. The number of hydrogen-bond acceptors (Lipinski definition) is 3. The van der Waals surface area contributed by atoms with Crippen LogP contribution in [-0.2, 0) is 0 Å². The molecule has 1 heterocycles. The Morgan fingerprint density at radius 1 is 1.00 bits per heavy atom. The predicted molar refractivity (Wildman–Crippen MR) is 105 cm³/mol. The number of amides is 2. The molecule has 1 saturated heterocycles. The molecule has 0 bridgehead atoms. The van der Waals surface area contributed by atoms with Crippen LogP contribution in [0.3, 0.4) is 0 Å². The normalized spacial score (nSPS) is 19.2. The first-order valence-corrected chi connectivity index (χ1v) is 9.74. The summed E-state index contributed by atoms with van der Waals surface area (Å²) in [6, 6.07) is 16.8. The number of urea groups is 1. The molecule has 0 unspecified atom stereocenters. The average Bonchev–Trinajstić information content (AvgIpc) is 2.63. The van der Waals surface area contributed by atoms with Crippen molar-refractivity contribution in [3.8, 4) is 11.5 Å². The lowest BCUT2D eigenvalue weighted by atomic mass is 9.69. The number of nitrogens with zero attached hydrogens (tertiary/aromatic N) is 1. The average molecular weight is 366 g/mol. The van der Waals surface area contributed by atoms with Gasteiger partial charge in [-0.2, -0.15) is 0 Å². The molecular formula is C22H26N2O3. The summed E-state index contributed by atoms with van der Waals surface area (Å²) in [7, 11) is 0. The second-order valence-corrected chi connectivity index (χ2v) is 7.59. The van der Waals surface area contributed by atoms with Crippen LogP contribution < -0.4 is 10.1 Å². The van der Waals surface area contributed by atoms with Crippen molar-refractivity contribution in [1.82, 2.24) is 4.90 Å². The van der Waals surface area contributed by atoms with Crippen molar-refractivity contribution in [3.05, 3.63) is 54.6 Å². The van der Waals surface area contributed by atoms with E-state index >= 15 is 0 Å². The molecule has 0 radical (unpaired) electrons. The second kappa shape index (κ2) is 7.61. The van der Waals surface area contributed by atoms with Crippen LogP contribution in [0.5, 0.6) is 11.5 Å². The summed E-state index contributed by atoms with van der Waals surface area (Å²) in [5.41, 5.74) is 0.172. The zero-order valence-corrected chi connectivity index (χ0v) is 15.4. The van der Waals surface area contributed by atoms with E-state index in [0.717, 1.165) is 30.0 Å². The summed E-state index contributed by atoms with van der Waals surface area (Å²) < 4.78 is 5.77. The molecule has 142 valence electrons. The van der Waals surface area contributed by atoms with Gasteiger partial charge in [0.15, 0.2) is 0 Å². The Labute approximate surface area is 160 Å². The molecule has 2 amide bonds. The minimum absolute atomic E-state index is 0.109. The van der Waals surface area contributed by atoms with Gasteiger partial charge in [-0.15, -0.1) is 0 Å². The van der Waals surface area contributed by atoms with Crippen LogP contribution >= 0.6 is 0 Å². The topological polar surface area (TPSA) is 61.8 Å². The Bertz CT molecular complexity index is 764. The van der Waals surface area contributed by atoms with E-state index in [9.17, 15) is 9.90 Å². The fourth-order valence-corrected chi connectivity index (χ4v) is 3.88. The molecule has 2 aliphatic rings. The van der Waals surface area contributed by atoms with E-state index in [-0.39, 0.29) is 6.03 Å². The van der Waals surface area contributed by atoms with Crippen molar-refractivity contribution in [2.75, 3.05) is 18.4 Å². The quantitative estimate of drug-likeness (QED) is 0.829. The molecule has 4 rings (SSSR count). The highest BCUT2D eigenvalue weighted by Gasteiger charge is 2.42. The molecule has 0 aromatic heterocycles. The molecule has 2 N–H and O–H groups in total. The number of aliphatic hydroxyl groups is 1. The summed E-state index contributed by atoms with van der Waals surface area (Å²) in [6.45, 7) is 1.21. The van der Waals surface area contributed by atoms with Gasteiger partial charge in [0.1, 0.15) is 11.5 Å². The highest BCUT2D eigenvalue weighted by molar-refractivity contribution is 5.89. The van der Waals surface area contributed by atoms with Crippen LogP contribution in [0.2, 0.25) is 0 Å². The number of nitrogens with one attached hydrogen (secondary N) is 1. The largest absolute Gasteiger partial charge is 0.457 e. The molecule has 1 saturated carbocycles. The summed E-state index contributed by atoms with van der Waals surface area (Å²) in [5.74, 6) is 1.93. The van der Waals surface area contributed by atoms with Crippen LogP contribution in [0.4, 0.5) is 10.5 Å². The Hall–Kier alpha value is -2.53. The molecule has 0 atom stereocenters. The van der Waals surface area contributed by atoms with Gasteiger partial charge in [0.25, 0.3) is 0 Å². The number of likely N-dealkylation sites (tertiary alicyclic amines) is 1. The van der Waals surface area contributed by atoms with Gasteiger partial charge in [0, 0.05) is 18.8 Å². The lowest BCUT2D eigenvalue weighted by Gasteiger charge is -2.46. The number of carbonyl (C=O) groups excluding carboxylic acids is 1. The zero-order valence-electron chi connectivity index (χ0n) is 15.4. The van der Waals surface area contributed by atoms with Gasteiger partial charge < -0.3 is 20.1 Å². The number of para-hydroxylation sites is 1. The van der Waals surface area contributed by atoms with Crippen molar-refractivity contribution in [1.29, 1.82) is 0 Å². The van der Waals surface area contributed by atoms with Gasteiger partial charge >= 0.3 is 6.03 Å². The standard InChI is InChI=1S/C22H26N2O3/c25-21(24-15-13-22(26,14-16-24)17-5-4-6-17)23-18-9-11-20(12-10-18)27-19-7-2-1-3-8-19/h1-3,7-12,17,26H,4-6,13-16H2,(H,23,25). The maximum absolute atomic E-state index is 12.5. The summed E-state index contributed by atoms with van der Waals surface area (Å²) in [6.07, 6.45) is 4.82. The summed E-state index contributed by atoms with van der Waals surface area (Å²) >= 11 is 0. The van der Waals surface area contributed by atoms with E-state index in [2.05, 4.69) is 5.32 Å². The number of anilines is 1. The molecule has 1 aliphatic carbocycles. The van der Waals surface area contributed by atoms with Crippen LogP contribution in [0.1, 0.15) is 32.1 Å². The number of ether oxygens (including phenoxy) is 1. The molecule has 1 aliphatic heterocycles. The number of rotatable bonds is 4. The van der Waals surface area contributed by atoms with Crippen molar-refractivity contribution in [3.63, 3.8) is 0 Å². The lowest BCUT2D eigenvalue weighted by molar-refractivity contribution is -0.0845. The van der Waals surface area contributed by atoms with Crippen molar-refractivity contribution in [2.24, 2.45) is 5.92 Å². The molecular weight excluding hydrogens is 340 g/mol. The van der Waals surface area contributed by atoms with Gasteiger partial charge in [-0.1, -0.05) is 24.6 Å². The monoisotopic (exact) mass is 366 g/mol. The molecule has 2 aromatic carbocycles. The highest BCUT2D eigenvalue weighted by Crippen LogP contribution is 2.41. The SMILES string of the molecule is O=C(Nc1ccc(Oc2ccccc2)cc1)N1CCC(O)(C2CCC2)CC1. The van der Waals surface area contributed by atoms with Crippen LogP contribution in [0, 0.1) is 5.92 Å². The van der Waals surface area contributed by atoms with Gasteiger partial charge in [-0.25, -0.2) is 4.79 Å². The van der Waals surface area contributed by atoms with Crippen molar-refractivity contribution < 1.29 is 14.6 Å². The predicted octanol–water partition coefficient (Wildman–Crippen LogP) is 4.64. The first-order valence-electron chi connectivity index (χ1n) is 9.74. The Morgan fingerprint density at radius 3 is 2.22 bits per heavy atom. The van der Waals surface area contributed by atoms with E-state index in [4.69, 9.17) is 4.74 Å². The van der Waals surface area contributed by atoms with Crippen LogP contribution in [-0.4, -0.2) is 34.7 Å². The third kappa shape index (κ3) is 4.08. The molecule has 2 fully saturated rings. The third-order valence-corrected chi connectivity index (χ3v) is 5.87. The Balaban J connectivity index is 1.29. The van der Waals surface area contributed by atoms with Crippen LogP contribution in [0.25, 0.3) is 0 Å². The number of piperidine rings is 1. The number of hydrogen-bond donors (Lipinski definition) is 2. The molecule has 2 aromatic rings. The minimum Gasteiger partial charge on any atom is -0.457 e. The van der Waals surface area contributed by atoms with E-state index in [1.54, 1.807) is 4.90 Å². The third-order valence-electron chi connectivity index (χ3n) is 5.87. The maximum Gasteiger partial charge on any atom is 0.321 e. The van der Waals surface area contributed by atoms with Crippen molar-refractivity contribution >= 4 is 11.7 Å². The molecule has 5 heteroatoms. The Morgan fingerprint density at radius 2 is 1.63 bits per heavy atom. The molecule has 27 heavy (non-hydrogen) atoms. The Kier molecular flexibility index (Phi) is 5.03. The molecule has 5 nitrogen and oxygen atoms in total. The lowest BCUT2D eigenvalue weighted by Crippen LogP contribution is -2.52. The van der Waals surface area contributed by atoms with Gasteiger partial charge in [-0.3, -0.25) is 0 Å². The van der Waals surface area contributed by atoms with E-state index in [1.807, 2.05) is 54.6 Å². The van der Waals surface area contributed by atoms with Gasteiger partial charge in [0.05, 0.1) is 5.60 Å². The fourth-order valence-electron chi connectivity index (χ4n) is 3.88. The van der Waals surface area contributed by atoms with Gasteiger partial charge in [-0.05, 0) is 68.0 Å². The smallest absolute Gasteiger partial charge is 0.321 e. The highest BCUT2D eigenvalue weighted by atomic mass is 16.5. The maximum atomic E-state index is 12.5. The van der Waals surface area contributed by atoms with E-state index < -0.39 is 5.60 Å². The number of benzene rings is 2. The van der Waals surface area contributed by atoms with E-state index in [1.165, 1.54) is 6.42 Å². The van der Waals surface area contributed by atoms with Gasteiger partial charge in [0.2, 0.25) is 0 Å². The van der Waals surface area contributed by atoms with Crippen molar-refractivity contribution in [2.45, 2.75) is 37.7 Å². The summed E-state index contributed by atoms with van der Waals surface area (Å²) in [5, 5.41) is 13.7. The minimum atomic E-state index is -0.564. The zero-order chi connectivity index (χ0) is 18.7. The summed E-state index contributed by atoms with van der Waals surface area (Å²) in [4.78, 5) is 14.3. The van der Waals surface area contributed by atoms with E-state index in [0.29, 0.717) is 31.8 Å². The fraction of sp³-hybridized carbons (Fsp3) is 0.409. The number of carbonyl (C=O) groups is 1. The second-order valence-electron chi connectivity index (χ2n) is 7.59. The first kappa shape index (κ1) is 17.9.